The lowest BCUT2D eigenvalue weighted by Gasteiger charge is -2.20. The zero-order valence-corrected chi connectivity index (χ0v) is 11.8. The van der Waals surface area contributed by atoms with Crippen molar-refractivity contribution in [1.29, 1.82) is 0 Å². The second-order valence-electron chi connectivity index (χ2n) is 5.04. The van der Waals surface area contributed by atoms with E-state index in [4.69, 9.17) is 5.11 Å². The van der Waals surface area contributed by atoms with E-state index >= 15 is 0 Å². The van der Waals surface area contributed by atoms with Crippen molar-refractivity contribution in [2.45, 2.75) is 25.9 Å². The Bertz CT molecular complexity index is 637. The van der Waals surface area contributed by atoms with Crippen LogP contribution in [0, 0.1) is 5.82 Å². The van der Waals surface area contributed by atoms with Crippen LogP contribution in [0.3, 0.4) is 0 Å². The van der Waals surface area contributed by atoms with Gasteiger partial charge in [-0.2, -0.15) is 0 Å². The Balaban J connectivity index is 2.53. The molecule has 0 fully saturated rings. The summed E-state index contributed by atoms with van der Waals surface area (Å²) in [6.07, 6.45) is 0.00991. The molecule has 0 amide bonds. The van der Waals surface area contributed by atoms with E-state index in [0.29, 0.717) is 12.1 Å². The fraction of sp³-hybridized carbons (Fsp3) is 0.429. The van der Waals surface area contributed by atoms with Crippen LogP contribution in [0.5, 0.6) is 0 Å². The molecular weight excluding hydrogens is 261 g/mol. The molecule has 0 aliphatic heterocycles. The molecule has 1 unspecified atom stereocenters. The van der Waals surface area contributed by atoms with Crippen molar-refractivity contribution >= 4 is 17.0 Å². The summed E-state index contributed by atoms with van der Waals surface area (Å²) in [5, 5.41) is 8.86. The molecule has 0 radical (unpaired) electrons. The molecule has 20 heavy (non-hydrogen) atoms. The lowest BCUT2D eigenvalue weighted by molar-refractivity contribution is -0.137. The van der Waals surface area contributed by atoms with E-state index in [-0.39, 0.29) is 18.3 Å². The Kier molecular flexibility index (Phi) is 4.04. The van der Waals surface area contributed by atoms with Gasteiger partial charge in [0.05, 0.1) is 23.5 Å². The average Bonchev–Trinajstić information content (AvgIpc) is 2.72. The number of halogens is 1. The summed E-state index contributed by atoms with van der Waals surface area (Å²) in [5.74, 6) is -0.460. The number of carboxylic acid groups (broad SMARTS) is 1. The number of fused-ring (bicyclic) bond motifs is 1. The quantitative estimate of drug-likeness (QED) is 0.912. The van der Waals surface area contributed by atoms with Gasteiger partial charge in [-0.1, -0.05) is 0 Å². The maximum Gasteiger partial charge on any atom is 0.305 e. The van der Waals surface area contributed by atoms with Crippen molar-refractivity contribution < 1.29 is 14.3 Å². The van der Waals surface area contributed by atoms with E-state index < -0.39 is 5.97 Å². The number of aryl methyl sites for hydroxylation is 1. The second-order valence-corrected chi connectivity index (χ2v) is 5.04. The van der Waals surface area contributed by atoms with Crippen LogP contribution < -0.4 is 0 Å². The normalized spacial score (nSPS) is 13.1. The van der Waals surface area contributed by atoms with Crippen LogP contribution >= 0.6 is 0 Å². The Labute approximate surface area is 116 Å². The zero-order valence-electron chi connectivity index (χ0n) is 11.8. The Hall–Kier alpha value is -1.95. The lowest BCUT2D eigenvalue weighted by Crippen LogP contribution is -2.21. The van der Waals surface area contributed by atoms with Crippen LogP contribution in [0.15, 0.2) is 18.2 Å². The van der Waals surface area contributed by atoms with Gasteiger partial charge in [-0.05, 0) is 33.2 Å². The highest BCUT2D eigenvalue weighted by Crippen LogP contribution is 2.24. The molecule has 0 aliphatic carbocycles. The molecule has 1 atom stereocenters. The third-order valence-electron chi connectivity index (χ3n) is 3.44. The van der Waals surface area contributed by atoms with Gasteiger partial charge in [-0.15, -0.1) is 0 Å². The van der Waals surface area contributed by atoms with Gasteiger partial charge >= 0.3 is 5.97 Å². The summed E-state index contributed by atoms with van der Waals surface area (Å²) in [7, 11) is 3.85. The maximum absolute atomic E-state index is 13.3. The molecule has 1 heterocycles. The molecule has 1 aromatic carbocycles. The van der Waals surface area contributed by atoms with Gasteiger partial charge < -0.3 is 9.67 Å². The first-order chi connectivity index (χ1) is 9.40. The van der Waals surface area contributed by atoms with Crippen LogP contribution in [0.1, 0.15) is 25.2 Å². The molecule has 1 aromatic heterocycles. The van der Waals surface area contributed by atoms with Crippen LogP contribution in [-0.2, 0) is 11.3 Å². The van der Waals surface area contributed by atoms with Gasteiger partial charge in [0, 0.05) is 12.6 Å². The molecule has 0 saturated heterocycles. The summed E-state index contributed by atoms with van der Waals surface area (Å²) < 4.78 is 15.2. The number of aromatic nitrogens is 2. The van der Waals surface area contributed by atoms with Crippen molar-refractivity contribution in [1.82, 2.24) is 14.5 Å². The van der Waals surface area contributed by atoms with E-state index in [1.165, 1.54) is 12.1 Å². The van der Waals surface area contributed by atoms with E-state index in [0.717, 1.165) is 11.3 Å². The predicted octanol–water partition coefficient (Wildman–Crippen LogP) is 2.27. The minimum atomic E-state index is -0.864. The lowest BCUT2D eigenvalue weighted by atomic mass is 10.2. The summed E-state index contributed by atoms with van der Waals surface area (Å²) in [6.45, 7) is 2.31. The van der Waals surface area contributed by atoms with Crippen LogP contribution in [0.4, 0.5) is 4.39 Å². The molecular formula is C14H18FN3O2. The van der Waals surface area contributed by atoms with Crippen molar-refractivity contribution in [3.05, 3.63) is 29.8 Å². The number of rotatable bonds is 5. The molecule has 108 valence electrons. The van der Waals surface area contributed by atoms with Crippen LogP contribution in [-0.4, -0.2) is 39.6 Å². The van der Waals surface area contributed by atoms with Crippen molar-refractivity contribution in [2.75, 3.05) is 14.1 Å². The summed E-state index contributed by atoms with van der Waals surface area (Å²) in [5.41, 5.74) is 1.32. The topological polar surface area (TPSA) is 58.4 Å². The fourth-order valence-electron chi connectivity index (χ4n) is 2.11. The van der Waals surface area contributed by atoms with Crippen molar-refractivity contribution in [3.8, 4) is 0 Å². The number of carboxylic acids is 1. The van der Waals surface area contributed by atoms with Gasteiger partial charge in [-0.25, -0.2) is 9.37 Å². The third kappa shape index (κ3) is 2.80. The molecule has 2 rings (SSSR count). The molecule has 1 N–H and O–H groups in total. The van der Waals surface area contributed by atoms with Gasteiger partial charge in [0.1, 0.15) is 11.6 Å². The van der Waals surface area contributed by atoms with E-state index in [1.54, 1.807) is 6.07 Å². The number of nitrogens with zero attached hydrogens (tertiary/aromatic N) is 3. The van der Waals surface area contributed by atoms with E-state index in [9.17, 15) is 9.18 Å². The fourth-order valence-corrected chi connectivity index (χ4v) is 2.11. The number of aliphatic carboxylic acids is 1. The highest BCUT2D eigenvalue weighted by molar-refractivity contribution is 5.76. The number of imidazole rings is 1. The monoisotopic (exact) mass is 279 g/mol. The molecule has 0 bridgehead atoms. The van der Waals surface area contributed by atoms with Crippen molar-refractivity contribution in [2.24, 2.45) is 0 Å². The molecule has 0 aliphatic rings. The van der Waals surface area contributed by atoms with E-state index in [2.05, 4.69) is 4.98 Å². The summed E-state index contributed by atoms with van der Waals surface area (Å²) in [6, 6.07) is 4.40. The Morgan fingerprint density at radius 3 is 2.80 bits per heavy atom. The second kappa shape index (κ2) is 5.58. The van der Waals surface area contributed by atoms with Crippen LogP contribution in [0.2, 0.25) is 0 Å². The minimum absolute atomic E-state index is 0.00991. The molecule has 5 nitrogen and oxygen atoms in total. The minimum Gasteiger partial charge on any atom is -0.481 e. The average molecular weight is 279 g/mol. The Morgan fingerprint density at radius 2 is 2.20 bits per heavy atom. The first-order valence-corrected chi connectivity index (χ1v) is 6.44. The molecule has 2 aromatic rings. The number of carbonyl (C=O) groups is 1. The first-order valence-electron chi connectivity index (χ1n) is 6.44. The van der Waals surface area contributed by atoms with Crippen LogP contribution in [0.25, 0.3) is 11.0 Å². The largest absolute Gasteiger partial charge is 0.481 e. The van der Waals surface area contributed by atoms with Gasteiger partial charge in [0.2, 0.25) is 0 Å². The highest BCUT2D eigenvalue weighted by atomic mass is 19.1. The summed E-state index contributed by atoms with van der Waals surface area (Å²) in [4.78, 5) is 17.2. The standard InChI is InChI=1S/C14H18FN3O2/c1-9(17(2)3)14-16-11-8-10(15)4-5-12(11)18(14)7-6-13(19)20/h4-5,8-9H,6-7H2,1-3H3,(H,19,20). The van der Waals surface area contributed by atoms with E-state index in [1.807, 2.05) is 30.5 Å². The maximum atomic E-state index is 13.3. The van der Waals surface area contributed by atoms with Crippen molar-refractivity contribution in [3.63, 3.8) is 0 Å². The Morgan fingerprint density at radius 1 is 1.50 bits per heavy atom. The number of hydrogen-bond donors (Lipinski definition) is 1. The smallest absolute Gasteiger partial charge is 0.305 e. The molecule has 6 heteroatoms. The molecule has 0 spiro atoms. The third-order valence-corrected chi connectivity index (χ3v) is 3.44. The number of hydrogen-bond acceptors (Lipinski definition) is 3. The predicted molar refractivity (Wildman–Crippen MR) is 74.0 cm³/mol. The SMILES string of the molecule is CC(c1nc2cc(F)ccc2n1CCC(=O)O)N(C)C. The van der Waals surface area contributed by atoms with Gasteiger partial charge in [0.15, 0.2) is 0 Å². The zero-order chi connectivity index (χ0) is 14.9. The highest BCUT2D eigenvalue weighted by Gasteiger charge is 2.18. The summed E-state index contributed by atoms with van der Waals surface area (Å²) >= 11 is 0. The van der Waals surface area contributed by atoms with Gasteiger partial charge in [0.25, 0.3) is 0 Å². The van der Waals surface area contributed by atoms with Gasteiger partial charge in [-0.3, -0.25) is 9.69 Å². The number of benzene rings is 1. The molecule has 0 saturated carbocycles. The first kappa shape index (κ1) is 14.5.